The molecule has 1 aromatic carbocycles. The molecule has 0 unspecified atom stereocenters. The van der Waals surface area contributed by atoms with E-state index in [4.69, 9.17) is 4.42 Å². The van der Waals surface area contributed by atoms with Gasteiger partial charge < -0.3 is 9.73 Å². The third kappa shape index (κ3) is 2.06. The maximum atomic E-state index is 13.0. The number of oxazole rings is 1. The van der Waals surface area contributed by atoms with Crippen LogP contribution in [0.25, 0.3) is 11.1 Å². The lowest BCUT2D eigenvalue weighted by molar-refractivity contribution is -0.140. The largest absolute Gasteiger partial charge is 0.417 e. The average molecular weight is 312 g/mol. The summed E-state index contributed by atoms with van der Waals surface area (Å²) in [4.78, 5) is 26.9. The van der Waals surface area contributed by atoms with Crippen LogP contribution in [-0.4, -0.2) is 10.9 Å². The second-order valence-corrected chi connectivity index (χ2v) is 7.88. The molecule has 4 bridgehead atoms. The first-order valence-corrected chi connectivity index (χ1v) is 8.54. The van der Waals surface area contributed by atoms with E-state index in [0.717, 1.165) is 42.7 Å². The predicted molar refractivity (Wildman–Crippen MR) is 86.1 cm³/mol. The maximum absolute atomic E-state index is 13.0. The highest BCUT2D eigenvalue weighted by atomic mass is 16.4. The molecule has 4 aliphatic rings. The fourth-order valence-electron chi connectivity index (χ4n) is 5.68. The third-order valence-electron chi connectivity index (χ3n) is 6.20. The molecule has 4 fully saturated rings. The Kier molecular flexibility index (Phi) is 2.62. The number of fused-ring (bicyclic) bond motifs is 1. The van der Waals surface area contributed by atoms with E-state index in [-0.39, 0.29) is 11.3 Å². The first-order chi connectivity index (χ1) is 11.1. The number of carbonyl (C=O) groups excluding carboxylic acids is 1. The van der Waals surface area contributed by atoms with Crippen LogP contribution < -0.4 is 11.1 Å². The third-order valence-corrected chi connectivity index (χ3v) is 6.20. The van der Waals surface area contributed by atoms with E-state index < -0.39 is 5.76 Å². The van der Waals surface area contributed by atoms with Crippen molar-refractivity contribution < 1.29 is 9.21 Å². The Balaban J connectivity index is 1.43. The van der Waals surface area contributed by atoms with Crippen LogP contribution in [-0.2, 0) is 4.79 Å². The van der Waals surface area contributed by atoms with Crippen LogP contribution in [0.5, 0.6) is 0 Å². The highest BCUT2D eigenvalue weighted by Crippen LogP contribution is 2.60. The zero-order chi connectivity index (χ0) is 15.6. The van der Waals surface area contributed by atoms with Gasteiger partial charge in [0.15, 0.2) is 5.58 Å². The number of anilines is 1. The highest BCUT2D eigenvalue weighted by molar-refractivity contribution is 5.97. The number of carbonyl (C=O) groups is 1. The molecule has 0 atom stereocenters. The summed E-state index contributed by atoms with van der Waals surface area (Å²) in [6, 6.07) is 5.30. The summed E-state index contributed by atoms with van der Waals surface area (Å²) in [6.07, 6.45) is 7.14. The summed E-state index contributed by atoms with van der Waals surface area (Å²) in [5.74, 6) is 1.95. The number of aromatic nitrogens is 1. The molecule has 5 heteroatoms. The molecule has 1 heterocycles. The van der Waals surface area contributed by atoms with Crippen molar-refractivity contribution in [3.05, 3.63) is 28.7 Å². The summed E-state index contributed by atoms with van der Waals surface area (Å²) in [5, 5.41) is 3.10. The highest BCUT2D eigenvalue weighted by Gasteiger charge is 2.54. The Hall–Kier alpha value is -2.04. The Labute approximate surface area is 133 Å². The Morgan fingerprint density at radius 2 is 1.78 bits per heavy atom. The lowest BCUT2D eigenvalue weighted by Gasteiger charge is -2.55. The number of aromatic amines is 1. The predicted octanol–water partition coefficient (Wildman–Crippen LogP) is 3.28. The number of nitrogens with one attached hydrogen (secondary N) is 2. The van der Waals surface area contributed by atoms with Crippen molar-refractivity contribution >= 4 is 22.7 Å². The van der Waals surface area contributed by atoms with E-state index >= 15 is 0 Å². The SMILES string of the molecule is O=C(Nc1ccc2oc(=O)[nH]c2c1)C12CC3CC(CC(C3)C1)C2. The number of hydrogen-bond acceptors (Lipinski definition) is 3. The molecular formula is C18H20N2O3. The molecule has 2 aromatic rings. The van der Waals surface area contributed by atoms with Gasteiger partial charge in [0.2, 0.25) is 5.91 Å². The van der Waals surface area contributed by atoms with Gasteiger partial charge in [-0.25, -0.2) is 4.79 Å². The monoisotopic (exact) mass is 312 g/mol. The molecule has 6 rings (SSSR count). The second-order valence-electron chi connectivity index (χ2n) is 7.88. The summed E-state index contributed by atoms with van der Waals surface area (Å²) in [7, 11) is 0. The molecule has 4 aliphatic carbocycles. The first kappa shape index (κ1) is 13.4. The molecule has 0 aliphatic heterocycles. The van der Waals surface area contributed by atoms with Crippen molar-refractivity contribution in [2.45, 2.75) is 38.5 Å². The van der Waals surface area contributed by atoms with E-state index in [1.807, 2.05) is 0 Å². The Bertz CT molecular complexity index is 812. The normalized spacial score (nSPS) is 34.9. The van der Waals surface area contributed by atoms with Gasteiger partial charge in [0, 0.05) is 5.69 Å². The van der Waals surface area contributed by atoms with Gasteiger partial charge >= 0.3 is 5.76 Å². The van der Waals surface area contributed by atoms with Gasteiger partial charge in [0.1, 0.15) is 0 Å². The van der Waals surface area contributed by atoms with Crippen LogP contribution >= 0.6 is 0 Å². The van der Waals surface area contributed by atoms with Crippen molar-refractivity contribution in [3.8, 4) is 0 Å². The zero-order valence-corrected chi connectivity index (χ0v) is 12.9. The average Bonchev–Trinajstić information content (AvgIpc) is 2.85. The summed E-state index contributed by atoms with van der Waals surface area (Å²) in [5.41, 5.74) is 1.71. The standard InChI is InChI=1S/C18H20N2O3/c21-16(18-7-10-3-11(8-18)5-12(4-10)9-18)19-13-1-2-15-14(6-13)20-17(22)23-15/h1-2,6,10-12H,3-5,7-9H2,(H,19,21)(H,20,22). The van der Waals surface area contributed by atoms with Crippen molar-refractivity contribution in [1.29, 1.82) is 0 Å². The number of H-pyrrole nitrogens is 1. The van der Waals surface area contributed by atoms with Crippen molar-refractivity contribution in [2.24, 2.45) is 23.2 Å². The Morgan fingerprint density at radius 3 is 2.43 bits per heavy atom. The molecule has 1 amide bonds. The van der Waals surface area contributed by atoms with Gasteiger partial charge in [-0.1, -0.05) is 0 Å². The van der Waals surface area contributed by atoms with Gasteiger partial charge in [-0.05, 0) is 74.5 Å². The molecule has 1 aromatic heterocycles. The van der Waals surface area contributed by atoms with Gasteiger partial charge in [-0.3, -0.25) is 9.78 Å². The molecule has 0 saturated heterocycles. The minimum Gasteiger partial charge on any atom is -0.408 e. The van der Waals surface area contributed by atoms with Gasteiger partial charge in [-0.15, -0.1) is 0 Å². The van der Waals surface area contributed by atoms with E-state index in [2.05, 4.69) is 10.3 Å². The fraction of sp³-hybridized carbons (Fsp3) is 0.556. The molecule has 0 spiro atoms. The van der Waals surface area contributed by atoms with Crippen LogP contribution in [0.3, 0.4) is 0 Å². The fourth-order valence-corrected chi connectivity index (χ4v) is 5.68. The van der Waals surface area contributed by atoms with Gasteiger partial charge in [0.05, 0.1) is 10.9 Å². The zero-order valence-electron chi connectivity index (χ0n) is 12.9. The first-order valence-electron chi connectivity index (χ1n) is 8.54. The number of benzene rings is 1. The van der Waals surface area contributed by atoms with Crippen LogP contribution in [0, 0.1) is 23.2 Å². The van der Waals surface area contributed by atoms with Crippen LogP contribution in [0.15, 0.2) is 27.4 Å². The molecule has 23 heavy (non-hydrogen) atoms. The van der Waals surface area contributed by atoms with Crippen molar-refractivity contribution in [1.82, 2.24) is 4.98 Å². The second kappa shape index (κ2) is 4.49. The van der Waals surface area contributed by atoms with Crippen LogP contribution in [0.2, 0.25) is 0 Å². The van der Waals surface area contributed by atoms with Crippen molar-refractivity contribution in [2.75, 3.05) is 5.32 Å². The smallest absolute Gasteiger partial charge is 0.408 e. The molecule has 120 valence electrons. The molecule has 4 saturated carbocycles. The summed E-state index contributed by atoms with van der Waals surface area (Å²) in [6.45, 7) is 0. The van der Waals surface area contributed by atoms with Gasteiger partial charge in [0.25, 0.3) is 0 Å². The lowest BCUT2D eigenvalue weighted by atomic mass is 9.49. The number of amides is 1. The van der Waals surface area contributed by atoms with E-state index in [0.29, 0.717) is 11.1 Å². The minimum absolute atomic E-state index is 0.159. The number of hydrogen-bond donors (Lipinski definition) is 2. The minimum atomic E-state index is -0.468. The van der Waals surface area contributed by atoms with E-state index in [9.17, 15) is 9.59 Å². The Morgan fingerprint density at radius 1 is 1.13 bits per heavy atom. The molecular weight excluding hydrogens is 292 g/mol. The van der Waals surface area contributed by atoms with Gasteiger partial charge in [-0.2, -0.15) is 0 Å². The van der Waals surface area contributed by atoms with E-state index in [1.54, 1.807) is 18.2 Å². The van der Waals surface area contributed by atoms with Crippen LogP contribution in [0.4, 0.5) is 5.69 Å². The maximum Gasteiger partial charge on any atom is 0.417 e. The molecule has 0 radical (unpaired) electrons. The number of rotatable bonds is 2. The molecule has 5 nitrogen and oxygen atoms in total. The topological polar surface area (TPSA) is 75.1 Å². The lowest BCUT2D eigenvalue weighted by Crippen LogP contribution is -2.51. The van der Waals surface area contributed by atoms with Crippen LogP contribution in [0.1, 0.15) is 38.5 Å². The summed E-state index contributed by atoms with van der Waals surface area (Å²) >= 11 is 0. The van der Waals surface area contributed by atoms with E-state index in [1.165, 1.54) is 19.3 Å². The quantitative estimate of drug-likeness (QED) is 0.893. The molecule has 2 N–H and O–H groups in total. The summed E-state index contributed by atoms with van der Waals surface area (Å²) < 4.78 is 5.00. The van der Waals surface area contributed by atoms with Crippen molar-refractivity contribution in [3.63, 3.8) is 0 Å².